The van der Waals surface area contributed by atoms with Crippen LogP contribution in [-0.2, 0) is 6.54 Å². The van der Waals surface area contributed by atoms with E-state index < -0.39 is 0 Å². The van der Waals surface area contributed by atoms with E-state index in [0.717, 1.165) is 28.8 Å². The number of para-hydroxylation sites is 1. The van der Waals surface area contributed by atoms with E-state index in [1.165, 1.54) is 37.9 Å². The Bertz CT molecular complexity index is 633. The van der Waals surface area contributed by atoms with Crippen LogP contribution in [0.4, 0.5) is 5.69 Å². The molecule has 3 heteroatoms. The van der Waals surface area contributed by atoms with Gasteiger partial charge in [0.15, 0.2) is 0 Å². The van der Waals surface area contributed by atoms with Gasteiger partial charge in [0, 0.05) is 12.5 Å². The van der Waals surface area contributed by atoms with Crippen LogP contribution in [0.25, 0.3) is 11.0 Å². The Balaban J connectivity index is 2.13. The number of fused-ring (bicyclic) bond motifs is 1. The van der Waals surface area contributed by atoms with Gasteiger partial charge in [-0.2, -0.15) is 0 Å². The van der Waals surface area contributed by atoms with Gasteiger partial charge in [-0.25, -0.2) is 4.98 Å². The lowest BCUT2D eigenvalue weighted by atomic mass is 9.88. The Morgan fingerprint density at radius 3 is 2.80 bits per heavy atom. The number of nitrogens with zero attached hydrogens (tertiary/aromatic N) is 2. The van der Waals surface area contributed by atoms with Crippen LogP contribution in [0.3, 0.4) is 0 Å². The fraction of sp³-hybridized carbons (Fsp3) is 0.471. The molecule has 3 nitrogen and oxygen atoms in total. The van der Waals surface area contributed by atoms with Gasteiger partial charge in [0.25, 0.3) is 0 Å². The van der Waals surface area contributed by atoms with E-state index in [4.69, 9.17) is 10.7 Å². The molecular weight excluding hydrogens is 246 g/mol. The number of aromatic nitrogens is 2. The topological polar surface area (TPSA) is 43.8 Å². The minimum absolute atomic E-state index is 0.579. The summed E-state index contributed by atoms with van der Waals surface area (Å²) in [4.78, 5) is 4.89. The number of hydrogen-bond acceptors (Lipinski definition) is 2. The Labute approximate surface area is 120 Å². The number of hydrogen-bond donors (Lipinski definition) is 1. The molecule has 1 aromatic heterocycles. The molecular formula is C17H23N3. The van der Waals surface area contributed by atoms with Gasteiger partial charge < -0.3 is 10.3 Å². The molecule has 0 radical (unpaired) electrons. The first-order valence-electron chi connectivity index (χ1n) is 7.56. The van der Waals surface area contributed by atoms with Gasteiger partial charge in [-0.3, -0.25) is 0 Å². The Morgan fingerprint density at radius 2 is 2.10 bits per heavy atom. The molecule has 2 aromatic rings. The van der Waals surface area contributed by atoms with Crippen molar-refractivity contribution < 1.29 is 0 Å². The molecule has 1 saturated carbocycles. The largest absolute Gasteiger partial charge is 0.397 e. The van der Waals surface area contributed by atoms with Crippen LogP contribution < -0.4 is 5.73 Å². The fourth-order valence-electron chi connectivity index (χ4n) is 3.30. The summed E-state index contributed by atoms with van der Waals surface area (Å²) in [5.41, 5.74) is 10.1. The maximum absolute atomic E-state index is 6.10. The second-order valence-corrected chi connectivity index (χ2v) is 6.06. The third kappa shape index (κ3) is 2.33. The van der Waals surface area contributed by atoms with Crippen molar-refractivity contribution in [1.82, 2.24) is 9.55 Å². The van der Waals surface area contributed by atoms with Gasteiger partial charge in [0.1, 0.15) is 11.3 Å². The van der Waals surface area contributed by atoms with E-state index in [1.54, 1.807) is 0 Å². The number of benzene rings is 1. The maximum Gasteiger partial charge on any atom is 0.113 e. The first-order valence-corrected chi connectivity index (χ1v) is 7.56. The molecule has 0 amide bonds. The first kappa shape index (κ1) is 13.2. The molecule has 2 N–H and O–H groups in total. The summed E-state index contributed by atoms with van der Waals surface area (Å²) in [5.74, 6) is 1.79. The smallest absolute Gasteiger partial charge is 0.113 e. The summed E-state index contributed by atoms with van der Waals surface area (Å²) in [7, 11) is 0. The van der Waals surface area contributed by atoms with Gasteiger partial charge in [-0.1, -0.05) is 37.5 Å². The Morgan fingerprint density at radius 1 is 1.35 bits per heavy atom. The zero-order valence-electron chi connectivity index (χ0n) is 12.2. The van der Waals surface area contributed by atoms with Crippen molar-refractivity contribution in [2.45, 2.75) is 51.5 Å². The predicted octanol–water partition coefficient (Wildman–Crippen LogP) is 4.24. The Kier molecular flexibility index (Phi) is 3.51. The highest BCUT2D eigenvalue weighted by molar-refractivity contribution is 5.87. The third-order valence-corrected chi connectivity index (χ3v) is 4.24. The van der Waals surface area contributed by atoms with Crippen molar-refractivity contribution in [3.8, 4) is 0 Å². The lowest BCUT2D eigenvalue weighted by Gasteiger charge is -2.22. The molecule has 106 valence electrons. The maximum atomic E-state index is 6.10. The van der Waals surface area contributed by atoms with E-state index in [-0.39, 0.29) is 0 Å². The fourth-order valence-corrected chi connectivity index (χ4v) is 3.30. The average molecular weight is 269 g/mol. The van der Waals surface area contributed by atoms with Crippen LogP contribution in [-0.4, -0.2) is 9.55 Å². The van der Waals surface area contributed by atoms with Crippen LogP contribution in [0, 0.1) is 0 Å². The Hall–Kier alpha value is -1.77. The third-order valence-electron chi connectivity index (χ3n) is 4.24. The van der Waals surface area contributed by atoms with Crippen molar-refractivity contribution in [2.75, 3.05) is 5.73 Å². The van der Waals surface area contributed by atoms with Gasteiger partial charge in [0.05, 0.1) is 11.2 Å². The SMILES string of the molecule is C=C(C)Cn1c(C2CCCCC2)nc2c(N)cccc21. The average Bonchev–Trinajstić information content (AvgIpc) is 2.80. The van der Waals surface area contributed by atoms with Crippen LogP contribution >= 0.6 is 0 Å². The number of anilines is 1. The van der Waals surface area contributed by atoms with Crippen LogP contribution in [0.1, 0.15) is 50.8 Å². The minimum atomic E-state index is 0.579. The highest BCUT2D eigenvalue weighted by Crippen LogP contribution is 2.35. The van der Waals surface area contributed by atoms with Gasteiger partial charge in [0.2, 0.25) is 0 Å². The van der Waals surface area contributed by atoms with Crippen molar-refractivity contribution in [2.24, 2.45) is 0 Å². The highest BCUT2D eigenvalue weighted by Gasteiger charge is 2.22. The molecule has 3 rings (SSSR count). The van der Waals surface area contributed by atoms with Crippen molar-refractivity contribution in [1.29, 1.82) is 0 Å². The van der Waals surface area contributed by atoms with Crippen LogP contribution in [0.15, 0.2) is 30.4 Å². The molecule has 0 atom stereocenters. The standard InChI is InChI=1S/C17H23N3/c1-12(2)11-20-15-10-6-9-14(18)16(15)19-17(20)13-7-4-3-5-8-13/h6,9-10,13H,1,3-5,7-8,11,18H2,2H3. The number of allylic oxidation sites excluding steroid dienone is 1. The van der Waals surface area contributed by atoms with E-state index in [1.807, 2.05) is 12.1 Å². The first-order chi connectivity index (χ1) is 9.66. The van der Waals surface area contributed by atoms with Gasteiger partial charge in [-0.15, -0.1) is 0 Å². The van der Waals surface area contributed by atoms with E-state index in [9.17, 15) is 0 Å². The molecule has 0 saturated heterocycles. The van der Waals surface area contributed by atoms with Crippen LogP contribution in [0.5, 0.6) is 0 Å². The lowest BCUT2D eigenvalue weighted by molar-refractivity contribution is 0.419. The molecule has 0 spiro atoms. The van der Waals surface area contributed by atoms with Crippen molar-refractivity contribution >= 4 is 16.7 Å². The molecule has 1 aromatic carbocycles. The second-order valence-electron chi connectivity index (χ2n) is 6.06. The number of nitrogen functional groups attached to an aromatic ring is 1. The molecule has 0 aliphatic heterocycles. The summed E-state index contributed by atoms with van der Waals surface area (Å²) >= 11 is 0. The molecule has 0 bridgehead atoms. The van der Waals surface area contributed by atoms with Crippen LogP contribution in [0.2, 0.25) is 0 Å². The van der Waals surface area contributed by atoms with Crippen molar-refractivity contribution in [3.05, 3.63) is 36.2 Å². The molecule has 1 aliphatic rings. The molecule has 1 heterocycles. The van der Waals surface area contributed by atoms with Gasteiger partial charge in [-0.05, 0) is 31.9 Å². The monoisotopic (exact) mass is 269 g/mol. The summed E-state index contributed by atoms with van der Waals surface area (Å²) in [6.07, 6.45) is 6.49. The minimum Gasteiger partial charge on any atom is -0.397 e. The summed E-state index contributed by atoms with van der Waals surface area (Å²) < 4.78 is 2.32. The lowest BCUT2D eigenvalue weighted by Crippen LogP contribution is -2.12. The highest BCUT2D eigenvalue weighted by atomic mass is 15.1. The molecule has 20 heavy (non-hydrogen) atoms. The number of nitrogens with two attached hydrogens (primary N) is 1. The quantitative estimate of drug-likeness (QED) is 0.669. The van der Waals surface area contributed by atoms with Crippen molar-refractivity contribution in [3.63, 3.8) is 0 Å². The summed E-state index contributed by atoms with van der Waals surface area (Å²) in [6.45, 7) is 6.98. The predicted molar refractivity (Wildman–Crippen MR) is 84.8 cm³/mol. The zero-order chi connectivity index (χ0) is 14.1. The number of imidazole rings is 1. The number of rotatable bonds is 3. The van der Waals surface area contributed by atoms with E-state index in [0.29, 0.717) is 5.92 Å². The zero-order valence-corrected chi connectivity index (χ0v) is 12.2. The second kappa shape index (κ2) is 5.31. The summed E-state index contributed by atoms with van der Waals surface area (Å²) in [5, 5.41) is 0. The van der Waals surface area contributed by atoms with Gasteiger partial charge >= 0.3 is 0 Å². The summed E-state index contributed by atoms with van der Waals surface area (Å²) in [6, 6.07) is 6.07. The molecule has 1 fully saturated rings. The van der Waals surface area contributed by atoms with E-state index in [2.05, 4.69) is 24.1 Å². The molecule has 0 unspecified atom stereocenters. The normalized spacial score (nSPS) is 16.6. The molecule has 1 aliphatic carbocycles. The van der Waals surface area contributed by atoms with E-state index >= 15 is 0 Å².